The van der Waals surface area contributed by atoms with Crippen LogP contribution in [0.2, 0.25) is 0 Å². The highest BCUT2D eigenvalue weighted by Crippen LogP contribution is 2.21. The van der Waals surface area contributed by atoms with Crippen LogP contribution in [0.3, 0.4) is 0 Å². The lowest BCUT2D eigenvalue weighted by Crippen LogP contribution is -2.41. The highest BCUT2D eigenvalue weighted by molar-refractivity contribution is 5.94. The van der Waals surface area contributed by atoms with Gasteiger partial charge in [-0.25, -0.2) is 0 Å². The van der Waals surface area contributed by atoms with Crippen molar-refractivity contribution in [3.05, 3.63) is 29.8 Å². The van der Waals surface area contributed by atoms with Crippen molar-refractivity contribution in [1.29, 1.82) is 0 Å². The van der Waals surface area contributed by atoms with Crippen LogP contribution in [-0.2, 0) is 0 Å². The van der Waals surface area contributed by atoms with Crippen LogP contribution in [0.4, 0.5) is 13.2 Å². The molecule has 1 rings (SSSR count). The lowest BCUT2D eigenvalue weighted by atomic mass is 10.2. The summed E-state index contributed by atoms with van der Waals surface area (Å²) in [5.74, 6) is -0.0690. The fourth-order valence-corrected chi connectivity index (χ4v) is 1.40. The fourth-order valence-electron chi connectivity index (χ4n) is 1.40. The number of nitrogens with zero attached hydrogens (tertiary/aromatic N) is 1. The van der Waals surface area contributed by atoms with E-state index in [4.69, 9.17) is 9.84 Å². The number of methoxy groups -OCH3 is 1. The minimum absolute atomic E-state index is 0.220. The number of hydrogen-bond donors (Lipinski definition) is 1. The number of aliphatic hydroxyl groups excluding tert-OH is 1. The first-order valence-corrected chi connectivity index (χ1v) is 5.40. The molecule has 1 N–H and O–H groups in total. The van der Waals surface area contributed by atoms with E-state index in [-0.39, 0.29) is 5.56 Å². The van der Waals surface area contributed by atoms with Crippen molar-refractivity contribution in [2.24, 2.45) is 0 Å². The van der Waals surface area contributed by atoms with E-state index in [1.54, 1.807) is 0 Å². The predicted octanol–water partition coefficient (Wildman–Crippen LogP) is 1.69. The Kier molecular flexibility index (Phi) is 4.77. The molecule has 0 aliphatic heterocycles. The number of hydrogen-bond acceptors (Lipinski definition) is 3. The van der Waals surface area contributed by atoms with Gasteiger partial charge in [0.05, 0.1) is 13.7 Å². The van der Waals surface area contributed by atoms with Gasteiger partial charge >= 0.3 is 6.18 Å². The lowest BCUT2D eigenvalue weighted by molar-refractivity contribution is -0.205. The van der Waals surface area contributed by atoms with Gasteiger partial charge in [-0.1, -0.05) is 0 Å². The van der Waals surface area contributed by atoms with E-state index < -0.39 is 24.7 Å². The molecule has 19 heavy (non-hydrogen) atoms. The Morgan fingerprint density at radius 2 is 1.89 bits per heavy atom. The molecule has 0 aliphatic carbocycles. The molecule has 0 aromatic heterocycles. The summed E-state index contributed by atoms with van der Waals surface area (Å²) >= 11 is 0. The number of amides is 1. The first-order valence-electron chi connectivity index (χ1n) is 5.40. The molecular formula is C12H14F3NO3. The summed E-state index contributed by atoms with van der Waals surface area (Å²) in [4.78, 5) is 12.6. The van der Waals surface area contributed by atoms with Gasteiger partial charge in [0.1, 0.15) is 5.75 Å². The zero-order valence-electron chi connectivity index (χ0n) is 10.4. The van der Waals surface area contributed by atoms with Crippen molar-refractivity contribution in [3.63, 3.8) is 0 Å². The second kappa shape index (κ2) is 5.92. The minimum atomic E-state index is -4.74. The number of rotatable bonds is 4. The normalized spacial score (nSPS) is 12.9. The van der Waals surface area contributed by atoms with Crippen molar-refractivity contribution in [1.82, 2.24) is 4.90 Å². The number of carbonyl (C=O) groups excluding carboxylic acids is 1. The Morgan fingerprint density at radius 3 is 2.32 bits per heavy atom. The third-order valence-electron chi connectivity index (χ3n) is 2.51. The Morgan fingerprint density at radius 1 is 1.37 bits per heavy atom. The molecule has 0 aliphatic rings. The summed E-state index contributed by atoms with van der Waals surface area (Å²) < 4.78 is 41.4. The summed E-state index contributed by atoms with van der Waals surface area (Å²) in [5.41, 5.74) is 0.220. The second-order valence-corrected chi connectivity index (χ2v) is 3.97. The number of ether oxygens (including phenoxy) is 1. The van der Waals surface area contributed by atoms with Crippen LogP contribution in [0.15, 0.2) is 24.3 Å². The van der Waals surface area contributed by atoms with E-state index >= 15 is 0 Å². The van der Waals surface area contributed by atoms with Crippen LogP contribution in [0.25, 0.3) is 0 Å². The molecule has 0 saturated heterocycles. The number of benzene rings is 1. The van der Waals surface area contributed by atoms with Crippen LogP contribution in [-0.4, -0.2) is 48.9 Å². The van der Waals surface area contributed by atoms with Crippen LogP contribution < -0.4 is 4.74 Å². The van der Waals surface area contributed by atoms with Crippen molar-refractivity contribution < 1.29 is 27.8 Å². The van der Waals surface area contributed by atoms with E-state index in [9.17, 15) is 18.0 Å². The summed E-state index contributed by atoms with van der Waals surface area (Å²) in [6.45, 7) is -0.811. The van der Waals surface area contributed by atoms with E-state index in [0.29, 0.717) is 5.75 Å². The number of likely N-dealkylation sites (N-methyl/N-ethyl adjacent to an activating group) is 1. The van der Waals surface area contributed by atoms with Crippen LogP contribution in [0.5, 0.6) is 5.75 Å². The van der Waals surface area contributed by atoms with Crippen molar-refractivity contribution >= 4 is 5.91 Å². The van der Waals surface area contributed by atoms with E-state index in [1.807, 2.05) is 0 Å². The SMILES string of the molecule is COc1ccc(C(=O)N(C)C[C@H](O)C(F)(F)F)cc1. The van der Waals surface area contributed by atoms with Crippen molar-refractivity contribution in [3.8, 4) is 5.75 Å². The zero-order chi connectivity index (χ0) is 14.6. The first-order chi connectivity index (χ1) is 8.75. The van der Waals surface area contributed by atoms with Crippen molar-refractivity contribution in [2.45, 2.75) is 12.3 Å². The molecule has 4 nitrogen and oxygen atoms in total. The molecular weight excluding hydrogens is 263 g/mol. The third-order valence-corrected chi connectivity index (χ3v) is 2.51. The smallest absolute Gasteiger partial charge is 0.416 e. The molecule has 1 aromatic carbocycles. The molecule has 1 atom stereocenters. The second-order valence-electron chi connectivity index (χ2n) is 3.97. The van der Waals surface area contributed by atoms with Gasteiger partial charge in [0.2, 0.25) is 0 Å². The summed E-state index contributed by atoms with van der Waals surface area (Å²) in [6.07, 6.45) is -7.30. The van der Waals surface area contributed by atoms with Gasteiger partial charge < -0.3 is 14.7 Å². The number of aliphatic hydroxyl groups is 1. The number of alkyl halides is 3. The van der Waals surface area contributed by atoms with Gasteiger partial charge in [-0.15, -0.1) is 0 Å². The molecule has 0 fully saturated rings. The monoisotopic (exact) mass is 277 g/mol. The maximum absolute atomic E-state index is 12.2. The average molecular weight is 277 g/mol. The van der Waals surface area contributed by atoms with Gasteiger partial charge in [0.25, 0.3) is 5.91 Å². The maximum Gasteiger partial charge on any atom is 0.416 e. The Hall–Kier alpha value is -1.76. The largest absolute Gasteiger partial charge is 0.497 e. The van der Waals surface area contributed by atoms with Gasteiger partial charge in [-0.2, -0.15) is 13.2 Å². The van der Waals surface area contributed by atoms with E-state index in [1.165, 1.54) is 38.4 Å². The molecule has 7 heteroatoms. The molecule has 1 amide bonds. The lowest BCUT2D eigenvalue weighted by Gasteiger charge is -2.22. The van der Waals surface area contributed by atoms with E-state index in [2.05, 4.69) is 0 Å². The summed E-state index contributed by atoms with van der Waals surface area (Å²) in [5, 5.41) is 8.90. The Labute approximate surface area is 108 Å². The molecule has 0 unspecified atom stereocenters. The molecule has 0 heterocycles. The highest BCUT2D eigenvalue weighted by atomic mass is 19.4. The zero-order valence-corrected chi connectivity index (χ0v) is 10.4. The number of carbonyl (C=O) groups is 1. The molecule has 1 aromatic rings. The summed E-state index contributed by atoms with van der Waals surface area (Å²) in [6, 6.07) is 5.94. The average Bonchev–Trinajstić information content (AvgIpc) is 2.36. The molecule has 0 saturated carbocycles. The van der Waals surface area contributed by atoms with Crippen LogP contribution >= 0.6 is 0 Å². The Bertz CT molecular complexity index is 431. The minimum Gasteiger partial charge on any atom is -0.497 e. The van der Waals surface area contributed by atoms with Crippen LogP contribution in [0.1, 0.15) is 10.4 Å². The van der Waals surface area contributed by atoms with Gasteiger partial charge in [0.15, 0.2) is 6.10 Å². The molecule has 0 spiro atoms. The van der Waals surface area contributed by atoms with Crippen molar-refractivity contribution in [2.75, 3.05) is 20.7 Å². The van der Waals surface area contributed by atoms with Gasteiger partial charge in [-0.05, 0) is 24.3 Å². The predicted molar refractivity (Wildman–Crippen MR) is 62.0 cm³/mol. The van der Waals surface area contributed by atoms with Crippen LogP contribution in [0, 0.1) is 0 Å². The van der Waals surface area contributed by atoms with E-state index in [0.717, 1.165) is 4.90 Å². The molecule has 106 valence electrons. The Balaban J connectivity index is 2.71. The third kappa shape index (κ3) is 4.13. The molecule has 0 radical (unpaired) electrons. The number of halogens is 3. The highest BCUT2D eigenvalue weighted by Gasteiger charge is 2.39. The standard InChI is InChI=1S/C12H14F3NO3/c1-16(7-10(17)12(13,14)15)11(18)8-3-5-9(19-2)6-4-8/h3-6,10,17H,7H2,1-2H3/t10-/m0/s1. The van der Waals surface area contributed by atoms with Gasteiger partial charge in [-0.3, -0.25) is 4.79 Å². The fraction of sp³-hybridized carbons (Fsp3) is 0.417. The topological polar surface area (TPSA) is 49.8 Å². The molecule has 0 bridgehead atoms. The first kappa shape index (κ1) is 15.3. The maximum atomic E-state index is 12.2. The van der Waals surface area contributed by atoms with Gasteiger partial charge in [0, 0.05) is 12.6 Å². The summed E-state index contributed by atoms with van der Waals surface area (Å²) in [7, 11) is 2.66. The quantitative estimate of drug-likeness (QED) is 0.911.